The minimum atomic E-state index is -2.93. The Hall–Kier alpha value is -3.49. The molecular weight excluding hydrogens is 418 g/mol. The second-order valence-electron chi connectivity index (χ2n) is 7.28. The van der Waals surface area contributed by atoms with Crippen molar-refractivity contribution in [1.82, 2.24) is 10.6 Å². The number of alkyl halides is 2. The van der Waals surface area contributed by atoms with E-state index in [0.29, 0.717) is 36.1 Å². The molecule has 4 rings (SSSR count). The Morgan fingerprint density at radius 3 is 2.50 bits per heavy atom. The van der Waals surface area contributed by atoms with E-state index < -0.39 is 6.61 Å². The van der Waals surface area contributed by atoms with Crippen LogP contribution < -0.4 is 29.7 Å². The number of halogens is 2. The summed E-state index contributed by atoms with van der Waals surface area (Å²) in [7, 11) is 0. The van der Waals surface area contributed by atoms with Gasteiger partial charge in [0, 0.05) is 43.5 Å². The molecule has 0 saturated carbocycles. The molecule has 0 aromatic heterocycles. The van der Waals surface area contributed by atoms with E-state index in [0.717, 1.165) is 18.7 Å². The summed E-state index contributed by atoms with van der Waals surface area (Å²) in [5, 5.41) is 6.34. The van der Waals surface area contributed by atoms with E-state index in [2.05, 4.69) is 61.7 Å². The number of fused-ring (bicyclic) bond motifs is 1. The lowest BCUT2D eigenvalue weighted by molar-refractivity contribution is -0.0505. The molecule has 2 aliphatic heterocycles. The van der Waals surface area contributed by atoms with E-state index in [1.54, 1.807) is 6.07 Å². The topological polar surface area (TPSA) is 67.4 Å². The molecule has 0 atom stereocenters. The zero-order valence-electron chi connectivity index (χ0n) is 17.8. The van der Waals surface area contributed by atoms with Crippen molar-refractivity contribution in [3.05, 3.63) is 59.7 Å². The molecule has 9 heteroatoms. The van der Waals surface area contributed by atoms with Crippen molar-refractivity contribution in [2.75, 3.05) is 31.3 Å². The molecule has 0 saturated heterocycles. The Kier molecular flexibility index (Phi) is 6.94. The minimum Gasteiger partial charge on any atom is -0.454 e. The lowest BCUT2D eigenvalue weighted by atomic mass is 10.1. The van der Waals surface area contributed by atoms with E-state index in [9.17, 15) is 8.78 Å². The van der Waals surface area contributed by atoms with Gasteiger partial charge in [0.15, 0.2) is 17.5 Å². The third-order valence-corrected chi connectivity index (χ3v) is 5.10. The largest absolute Gasteiger partial charge is 0.454 e. The molecule has 0 spiro atoms. The van der Waals surface area contributed by atoms with Crippen LogP contribution in [0, 0.1) is 0 Å². The average Bonchev–Trinajstić information content (AvgIpc) is 3.47. The molecule has 2 aromatic carbocycles. The summed E-state index contributed by atoms with van der Waals surface area (Å²) in [5.41, 5.74) is 2.77. The highest BCUT2D eigenvalue weighted by atomic mass is 19.3. The number of ether oxygens (including phenoxy) is 3. The summed E-state index contributed by atoms with van der Waals surface area (Å²) < 4.78 is 41.0. The van der Waals surface area contributed by atoms with Gasteiger partial charge < -0.3 is 29.7 Å². The molecule has 0 radical (unpaired) electrons. The number of benzene rings is 2. The molecule has 0 unspecified atom stereocenters. The van der Waals surface area contributed by atoms with Crippen LogP contribution in [-0.4, -0.2) is 39.0 Å². The van der Waals surface area contributed by atoms with Crippen LogP contribution in [0.5, 0.6) is 17.2 Å². The van der Waals surface area contributed by atoms with Crippen LogP contribution in [-0.2, 0) is 13.1 Å². The monoisotopic (exact) mass is 444 g/mol. The first-order valence-corrected chi connectivity index (χ1v) is 10.5. The number of guanidine groups is 1. The summed E-state index contributed by atoms with van der Waals surface area (Å²) >= 11 is 0. The highest BCUT2D eigenvalue weighted by molar-refractivity contribution is 5.79. The van der Waals surface area contributed by atoms with Gasteiger partial charge in [-0.2, -0.15) is 8.78 Å². The molecule has 170 valence electrons. The summed E-state index contributed by atoms with van der Waals surface area (Å²) in [6, 6.07) is 11.4. The van der Waals surface area contributed by atoms with E-state index in [4.69, 9.17) is 9.47 Å². The van der Waals surface area contributed by atoms with E-state index >= 15 is 0 Å². The predicted octanol–water partition coefficient (Wildman–Crippen LogP) is 3.65. The Labute approximate surface area is 185 Å². The molecule has 2 aromatic rings. The van der Waals surface area contributed by atoms with Crippen molar-refractivity contribution in [2.24, 2.45) is 4.99 Å². The van der Waals surface area contributed by atoms with E-state index in [1.807, 2.05) is 6.92 Å². The van der Waals surface area contributed by atoms with Crippen molar-refractivity contribution in [3.63, 3.8) is 0 Å². The Balaban J connectivity index is 1.41. The minimum absolute atomic E-state index is 0.0413. The maximum absolute atomic E-state index is 12.9. The van der Waals surface area contributed by atoms with Gasteiger partial charge in [0.25, 0.3) is 0 Å². The van der Waals surface area contributed by atoms with Gasteiger partial charge in [-0.15, -0.1) is 0 Å². The third-order valence-electron chi connectivity index (χ3n) is 5.10. The molecular formula is C23H26F2N4O3. The molecule has 0 aliphatic carbocycles. The van der Waals surface area contributed by atoms with Crippen LogP contribution in [0.3, 0.4) is 0 Å². The highest BCUT2D eigenvalue weighted by Gasteiger charge is 2.20. The zero-order valence-corrected chi connectivity index (χ0v) is 17.8. The predicted molar refractivity (Wildman–Crippen MR) is 119 cm³/mol. The molecule has 32 heavy (non-hydrogen) atoms. The van der Waals surface area contributed by atoms with E-state index in [1.165, 1.54) is 11.8 Å². The van der Waals surface area contributed by atoms with Crippen LogP contribution in [0.4, 0.5) is 14.5 Å². The first kappa shape index (κ1) is 21.7. The Morgan fingerprint density at radius 2 is 1.81 bits per heavy atom. The summed E-state index contributed by atoms with van der Waals surface area (Å²) in [4.78, 5) is 6.89. The molecule has 2 N–H and O–H groups in total. The Bertz CT molecular complexity index is 972. The van der Waals surface area contributed by atoms with Gasteiger partial charge in [0.1, 0.15) is 5.75 Å². The van der Waals surface area contributed by atoms with Gasteiger partial charge in [-0.1, -0.05) is 24.3 Å². The summed E-state index contributed by atoms with van der Waals surface area (Å²) in [5.74, 6) is 1.50. The van der Waals surface area contributed by atoms with E-state index in [-0.39, 0.29) is 19.1 Å². The number of nitrogens with one attached hydrogen (secondary N) is 2. The van der Waals surface area contributed by atoms with Gasteiger partial charge in [-0.25, -0.2) is 4.99 Å². The van der Waals surface area contributed by atoms with Crippen LogP contribution in [0.25, 0.3) is 0 Å². The van der Waals surface area contributed by atoms with Crippen molar-refractivity contribution in [3.8, 4) is 17.2 Å². The summed E-state index contributed by atoms with van der Waals surface area (Å²) in [6.45, 7) is 2.32. The summed E-state index contributed by atoms with van der Waals surface area (Å²) in [6.07, 6.45) is 4.31. The molecule has 0 bridgehead atoms. The fraction of sp³-hybridized carbons (Fsp3) is 0.348. The number of aliphatic imine (C=N–C) groups is 1. The second-order valence-corrected chi connectivity index (χ2v) is 7.28. The quantitative estimate of drug-likeness (QED) is 0.368. The molecule has 2 aliphatic rings. The van der Waals surface area contributed by atoms with Crippen molar-refractivity contribution in [1.29, 1.82) is 0 Å². The smallest absolute Gasteiger partial charge is 0.387 e. The normalized spacial score (nSPS) is 14.9. The lowest BCUT2D eigenvalue weighted by Crippen LogP contribution is -2.36. The first-order chi connectivity index (χ1) is 15.6. The zero-order chi connectivity index (χ0) is 22.3. The SMILES string of the molecule is CCNC(=NCc1ccc(N2CC=CC2)cc1)NCc1cc2c(cc1OC(F)F)OCO2. The van der Waals surface area contributed by atoms with Crippen molar-refractivity contribution < 1.29 is 23.0 Å². The molecule has 7 nitrogen and oxygen atoms in total. The van der Waals surface area contributed by atoms with Crippen molar-refractivity contribution >= 4 is 11.6 Å². The van der Waals surface area contributed by atoms with Gasteiger partial charge in [0.05, 0.1) is 6.54 Å². The highest BCUT2D eigenvalue weighted by Crippen LogP contribution is 2.38. The van der Waals surface area contributed by atoms with Gasteiger partial charge in [-0.05, 0) is 30.7 Å². The maximum atomic E-state index is 12.9. The third kappa shape index (κ3) is 5.40. The van der Waals surface area contributed by atoms with Crippen molar-refractivity contribution in [2.45, 2.75) is 26.6 Å². The fourth-order valence-corrected chi connectivity index (χ4v) is 3.50. The van der Waals surface area contributed by atoms with Crippen LogP contribution in [0.1, 0.15) is 18.1 Å². The van der Waals surface area contributed by atoms with Crippen LogP contribution >= 0.6 is 0 Å². The fourth-order valence-electron chi connectivity index (χ4n) is 3.50. The lowest BCUT2D eigenvalue weighted by Gasteiger charge is -2.17. The number of hydrogen-bond donors (Lipinski definition) is 2. The molecule has 0 amide bonds. The van der Waals surface area contributed by atoms with Gasteiger partial charge in [-0.3, -0.25) is 0 Å². The van der Waals surface area contributed by atoms with Crippen LogP contribution in [0.15, 0.2) is 53.5 Å². The number of nitrogens with zero attached hydrogens (tertiary/aromatic N) is 2. The van der Waals surface area contributed by atoms with Gasteiger partial charge in [0.2, 0.25) is 6.79 Å². The molecule has 2 heterocycles. The maximum Gasteiger partial charge on any atom is 0.387 e. The number of rotatable bonds is 8. The Morgan fingerprint density at radius 1 is 1.09 bits per heavy atom. The van der Waals surface area contributed by atoms with Gasteiger partial charge >= 0.3 is 6.61 Å². The average molecular weight is 444 g/mol. The first-order valence-electron chi connectivity index (χ1n) is 10.5. The standard InChI is InChI=1S/C23H26F2N4O3/c1-2-26-23(27-13-16-5-7-18(8-6-16)29-9-3-4-10-29)28-14-17-11-20-21(31-15-30-20)12-19(17)32-22(24)25/h3-8,11-12,22H,2,9-10,13-15H2,1H3,(H2,26,27,28). The number of anilines is 1. The van der Waals surface area contributed by atoms with Crippen LogP contribution in [0.2, 0.25) is 0 Å². The number of hydrogen-bond acceptors (Lipinski definition) is 5. The second kappa shape index (κ2) is 10.2. The molecule has 0 fully saturated rings.